The average molecular weight is 651 g/mol. The zero-order valence-electron chi connectivity index (χ0n) is 24.9. The number of rotatable bonds is 4. The Kier molecular flexibility index (Phi) is 7.20. The van der Waals surface area contributed by atoms with Crippen LogP contribution in [0.15, 0.2) is 35.0 Å². The first-order valence-electron chi connectivity index (χ1n) is 15.9. The molecule has 0 atom stereocenters. The molecule has 8 fully saturated rings. The molecular weight excluding hydrogens is 614 g/mol. The largest absolute Gasteiger partial charge is 2.00 e. The minimum atomic E-state index is -2.15. The van der Waals surface area contributed by atoms with Crippen LogP contribution in [0.3, 0.4) is 0 Å². The predicted molar refractivity (Wildman–Crippen MR) is 155 cm³/mol. The molecule has 1 aromatic carbocycles. The van der Waals surface area contributed by atoms with Crippen molar-refractivity contribution in [1.82, 2.24) is 4.98 Å². The topological polar surface area (TPSA) is 26.5 Å². The van der Waals surface area contributed by atoms with Gasteiger partial charge >= 0.3 is 16.5 Å². The van der Waals surface area contributed by atoms with Gasteiger partial charge in [0.25, 0.3) is 0 Å². The molecule has 0 saturated heterocycles. The first-order valence-corrected chi connectivity index (χ1v) is 15.9. The molecule has 8 bridgehead atoms. The molecule has 0 N–H and O–H groups in total. The third-order valence-corrected chi connectivity index (χ3v) is 12.4. The van der Waals surface area contributed by atoms with Crippen LogP contribution >= 0.6 is 0 Å². The van der Waals surface area contributed by atoms with Crippen LogP contribution in [0, 0.1) is 77.4 Å². The molecule has 8 saturated carbocycles. The Labute approximate surface area is 266 Å². The molecule has 8 aliphatic carbocycles. The summed E-state index contributed by atoms with van der Waals surface area (Å²) in [7, 11) is 0. The monoisotopic (exact) mass is 650 g/mol. The Morgan fingerprint density at radius 3 is 1.52 bits per heavy atom. The Morgan fingerprint density at radius 1 is 0.614 bits per heavy atom. The zero-order chi connectivity index (χ0) is 28.5. The van der Waals surface area contributed by atoms with E-state index in [2.05, 4.69) is 0 Å². The van der Waals surface area contributed by atoms with Gasteiger partial charge in [0.1, 0.15) is 0 Å². The van der Waals surface area contributed by atoms with Gasteiger partial charge in [-0.3, -0.25) is 4.99 Å². The fourth-order valence-corrected chi connectivity index (χ4v) is 11.7. The third kappa shape index (κ3) is 4.32. The molecule has 0 amide bonds. The van der Waals surface area contributed by atoms with Crippen LogP contribution in [0.5, 0.6) is 0 Å². The first kappa shape index (κ1) is 30.4. The predicted octanol–water partition coefficient (Wildman–Crippen LogP) is 9.24. The number of halogens is 5. The quantitative estimate of drug-likeness (QED) is 0.107. The second-order valence-corrected chi connectivity index (χ2v) is 15.1. The summed E-state index contributed by atoms with van der Waals surface area (Å²) in [6.07, 6.45) is 17.5. The summed E-state index contributed by atoms with van der Waals surface area (Å²) < 4.78 is 74.3. The molecule has 2 aromatic rings. The Balaban J connectivity index is 0.00000156. The van der Waals surface area contributed by atoms with Crippen molar-refractivity contribution < 1.29 is 38.4 Å². The third-order valence-electron chi connectivity index (χ3n) is 12.4. The summed E-state index contributed by atoms with van der Waals surface area (Å²) in [6, 6.07) is 3.64. The average Bonchev–Trinajstić information content (AvgIpc) is 3.63. The molecule has 236 valence electrons. The van der Waals surface area contributed by atoms with Gasteiger partial charge in [-0.2, -0.15) is 5.69 Å². The minimum absolute atomic E-state index is 0. The maximum Gasteiger partial charge on any atom is 2.00 e. The van der Waals surface area contributed by atoms with Gasteiger partial charge in [0.2, 0.25) is 5.82 Å². The van der Waals surface area contributed by atoms with E-state index in [0.717, 1.165) is 49.9 Å². The van der Waals surface area contributed by atoms with Gasteiger partial charge in [-0.1, -0.05) is 12.1 Å². The van der Waals surface area contributed by atoms with Crippen molar-refractivity contribution in [2.24, 2.45) is 45.9 Å². The standard InChI is InChI=1S/C35H34F5N2.CH3.Ni/c36-29-28(30(37)32(39)33(40)31(29)38)27(23-1-3-25(41-23)34-11-17-5-18(12-34)7-19(6-17)13-34)24-2-4-26(42-24)35-14-20-8-21(15-35)10-22(9-20)16-35;;/h1-4,17-22H,5-16H2;1H3;/q2*-1;+2. The minimum Gasteiger partial charge on any atom is -0.660 e. The molecule has 11 rings (SSSR count). The van der Waals surface area contributed by atoms with Gasteiger partial charge < -0.3 is 12.4 Å². The molecule has 1 aliphatic heterocycles. The van der Waals surface area contributed by atoms with Gasteiger partial charge in [0, 0.05) is 11.1 Å². The maximum absolute atomic E-state index is 15.5. The molecule has 0 unspecified atom stereocenters. The van der Waals surface area contributed by atoms with Crippen molar-refractivity contribution in [1.29, 1.82) is 0 Å². The molecule has 2 nitrogen and oxygen atoms in total. The van der Waals surface area contributed by atoms with Crippen molar-refractivity contribution in [3.8, 4) is 0 Å². The Morgan fingerprint density at radius 2 is 1.05 bits per heavy atom. The van der Waals surface area contributed by atoms with E-state index in [0.29, 0.717) is 35.5 Å². The summed E-state index contributed by atoms with van der Waals surface area (Å²) in [5.74, 6) is -5.65. The number of aliphatic imine (C=N–C) groups is 1. The smallest absolute Gasteiger partial charge is 0.660 e. The maximum atomic E-state index is 15.5. The Bertz CT molecular complexity index is 1520. The van der Waals surface area contributed by atoms with Gasteiger partial charge in [0.15, 0.2) is 23.3 Å². The number of aromatic nitrogens is 1. The van der Waals surface area contributed by atoms with Crippen molar-refractivity contribution in [2.75, 3.05) is 0 Å². The zero-order valence-corrected chi connectivity index (χ0v) is 25.8. The van der Waals surface area contributed by atoms with Crippen LogP contribution in [0.1, 0.15) is 94.0 Å². The fraction of sp³-hybridized carbons (Fsp3) is 0.556. The molecule has 0 radical (unpaired) electrons. The summed E-state index contributed by atoms with van der Waals surface area (Å²) in [6.45, 7) is 0. The summed E-state index contributed by atoms with van der Waals surface area (Å²) in [4.78, 5) is 9.94. The van der Waals surface area contributed by atoms with Crippen LogP contribution in [-0.2, 0) is 21.9 Å². The number of benzene rings is 1. The van der Waals surface area contributed by atoms with Crippen molar-refractivity contribution in [2.45, 2.75) is 82.5 Å². The van der Waals surface area contributed by atoms with E-state index in [-0.39, 0.29) is 51.7 Å². The SMILES string of the molecule is Fc1c(F)c(F)c(C(=C2C=CC(C34CC5CC(CC(C5)C3)C4)=N2)c2ccc(C34CC5CC(CC(C5)C3)C4)[n-]2)c(F)c1F.[CH3-].[Ni+2]. The second kappa shape index (κ2) is 10.4. The van der Waals surface area contributed by atoms with Gasteiger partial charge in [-0.15, -0.1) is 5.69 Å². The number of hydrogen-bond donors (Lipinski definition) is 0. The normalized spacial score (nSPS) is 38.5. The number of nitrogens with zero attached hydrogens (tertiary/aromatic N) is 2. The number of allylic oxidation sites excluding steroid dienone is 2. The summed E-state index contributed by atoms with van der Waals surface area (Å²) in [5.41, 5.74) is 1.08. The van der Waals surface area contributed by atoms with E-state index in [4.69, 9.17) is 9.98 Å². The van der Waals surface area contributed by atoms with Crippen LogP contribution in [-0.4, -0.2) is 5.71 Å². The van der Waals surface area contributed by atoms with E-state index in [1.807, 2.05) is 12.1 Å². The van der Waals surface area contributed by atoms with E-state index in [9.17, 15) is 13.2 Å². The van der Waals surface area contributed by atoms with Crippen LogP contribution < -0.4 is 4.98 Å². The van der Waals surface area contributed by atoms with Crippen molar-refractivity contribution in [3.63, 3.8) is 0 Å². The van der Waals surface area contributed by atoms with Crippen LogP contribution in [0.4, 0.5) is 22.0 Å². The summed E-state index contributed by atoms with van der Waals surface area (Å²) in [5, 5.41) is 0. The van der Waals surface area contributed by atoms with Crippen molar-refractivity contribution >= 4 is 11.3 Å². The van der Waals surface area contributed by atoms with Crippen LogP contribution in [0.25, 0.3) is 5.57 Å². The molecular formula is C36H37F5N2Ni. The van der Waals surface area contributed by atoms with Crippen LogP contribution in [0.2, 0.25) is 0 Å². The molecule has 44 heavy (non-hydrogen) atoms. The second-order valence-electron chi connectivity index (χ2n) is 15.1. The molecule has 1 aromatic heterocycles. The molecule has 8 heteroatoms. The van der Waals surface area contributed by atoms with E-state index < -0.39 is 34.6 Å². The van der Waals surface area contributed by atoms with E-state index in [1.54, 1.807) is 12.1 Å². The number of hydrogen-bond acceptors (Lipinski definition) is 1. The summed E-state index contributed by atoms with van der Waals surface area (Å²) >= 11 is 0. The van der Waals surface area contributed by atoms with Gasteiger partial charge in [-0.05, 0) is 136 Å². The molecule has 2 heterocycles. The Hall–Kier alpha value is -2.21. The van der Waals surface area contributed by atoms with E-state index in [1.165, 1.54) is 38.5 Å². The van der Waals surface area contributed by atoms with Gasteiger partial charge in [0.05, 0.1) is 11.3 Å². The molecule has 9 aliphatic rings. The fourth-order valence-electron chi connectivity index (χ4n) is 11.7. The first-order chi connectivity index (χ1) is 20.2. The van der Waals surface area contributed by atoms with E-state index >= 15 is 8.78 Å². The van der Waals surface area contributed by atoms with Gasteiger partial charge in [-0.25, -0.2) is 22.0 Å². The molecule has 0 spiro atoms. The van der Waals surface area contributed by atoms with Crippen molar-refractivity contribution in [3.05, 3.63) is 83.4 Å².